The summed E-state index contributed by atoms with van der Waals surface area (Å²) in [5.41, 5.74) is 7.32. The number of hydrogen-bond donors (Lipinski definition) is 1. The molecular formula is C14H11Cl2FN2S. The summed E-state index contributed by atoms with van der Waals surface area (Å²) in [6.07, 6.45) is 0. The Kier molecular flexibility index (Phi) is 5.29. The van der Waals surface area contributed by atoms with Crippen molar-refractivity contribution in [3.05, 3.63) is 63.9 Å². The maximum atomic E-state index is 13.0. The zero-order valence-corrected chi connectivity index (χ0v) is 12.6. The fraction of sp³-hybridized carbons (Fsp3) is 0.0714. The zero-order chi connectivity index (χ0) is 14.5. The van der Waals surface area contributed by atoms with E-state index in [1.165, 1.54) is 30.0 Å². The Morgan fingerprint density at radius 2 is 1.90 bits per heavy atom. The van der Waals surface area contributed by atoms with E-state index >= 15 is 0 Å². The van der Waals surface area contributed by atoms with Gasteiger partial charge in [-0.3, -0.25) is 0 Å². The average Bonchev–Trinajstić information content (AvgIpc) is 2.42. The van der Waals surface area contributed by atoms with Crippen molar-refractivity contribution in [1.82, 2.24) is 0 Å². The lowest BCUT2D eigenvalue weighted by Crippen LogP contribution is -2.06. The first-order chi connectivity index (χ1) is 9.56. The quantitative estimate of drug-likeness (QED) is 0.635. The van der Waals surface area contributed by atoms with Crippen molar-refractivity contribution in [2.24, 2.45) is 10.7 Å². The lowest BCUT2D eigenvalue weighted by Gasteiger charge is -2.04. The lowest BCUT2D eigenvalue weighted by atomic mass is 10.2. The SMILES string of the molecule is NC(=Nc1ccc(F)c(Cl)c1)SCc1ccccc1Cl. The van der Waals surface area contributed by atoms with Crippen LogP contribution in [0.25, 0.3) is 0 Å². The number of aliphatic imine (C=N–C) groups is 1. The third-order valence-corrected chi connectivity index (χ3v) is 3.98. The van der Waals surface area contributed by atoms with Crippen molar-refractivity contribution in [1.29, 1.82) is 0 Å². The summed E-state index contributed by atoms with van der Waals surface area (Å²) in [5.74, 6) is 0.136. The van der Waals surface area contributed by atoms with E-state index in [-0.39, 0.29) is 5.02 Å². The summed E-state index contributed by atoms with van der Waals surface area (Å²) in [7, 11) is 0. The highest BCUT2D eigenvalue weighted by Gasteiger charge is 2.03. The number of amidine groups is 1. The average molecular weight is 329 g/mol. The van der Waals surface area contributed by atoms with Crippen LogP contribution in [0.3, 0.4) is 0 Å². The van der Waals surface area contributed by atoms with Crippen molar-refractivity contribution >= 4 is 45.8 Å². The van der Waals surface area contributed by atoms with E-state index in [0.717, 1.165) is 5.56 Å². The van der Waals surface area contributed by atoms with Crippen molar-refractivity contribution in [2.45, 2.75) is 5.75 Å². The van der Waals surface area contributed by atoms with Crippen LogP contribution in [-0.2, 0) is 5.75 Å². The van der Waals surface area contributed by atoms with Gasteiger partial charge < -0.3 is 5.73 Å². The van der Waals surface area contributed by atoms with E-state index < -0.39 is 5.82 Å². The van der Waals surface area contributed by atoms with Gasteiger partial charge in [0.2, 0.25) is 0 Å². The largest absolute Gasteiger partial charge is 0.378 e. The molecule has 0 aliphatic rings. The minimum Gasteiger partial charge on any atom is -0.378 e. The van der Waals surface area contributed by atoms with Crippen LogP contribution in [0.2, 0.25) is 10.0 Å². The highest BCUT2D eigenvalue weighted by Crippen LogP contribution is 2.24. The number of nitrogens with zero attached hydrogens (tertiary/aromatic N) is 1. The molecule has 0 radical (unpaired) electrons. The molecule has 0 unspecified atom stereocenters. The maximum Gasteiger partial charge on any atom is 0.159 e. The molecule has 2 aromatic carbocycles. The second kappa shape index (κ2) is 6.97. The minimum absolute atomic E-state index is 0.0233. The molecule has 104 valence electrons. The molecule has 20 heavy (non-hydrogen) atoms. The molecule has 0 saturated carbocycles. The smallest absolute Gasteiger partial charge is 0.159 e. The van der Waals surface area contributed by atoms with Crippen LogP contribution in [0, 0.1) is 5.82 Å². The van der Waals surface area contributed by atoms with E-state index in [1.807, 2.05) is 24.3 Å². The summed E-state index contributed by atoms with van der Waals surface area (Å²) in [5, 5.41) is 1.08. The lowest BCUT2D eigenvalue weighted by molar-refractivity contribution is 0.628. The van der Waals surface area contributed by atoms with E-state index in [2.05, 4.69) is 4.99 Å². The number of rotatable bonds is 3. The topological polar surface area (TPSA) is 38.4 Å². The second-order valence-electron chi connectivity index (χ2n) is 3.93. The summed E-state index contributed by atoms with van der Waals surface area (Å²) < 4.78 is 13.0. The van der Waals surface area contributed by atoms with Gasteiger partial charge in [0.25, 0.3) is 0 Å². The molecule has 0 spiro atoms. The molecule has 0 bridgehead atoms. The molecule has 0 atom stereocenters. The fourth-order valence-electron chi connectivity index (χ4n) is 1.48. The van der Waals surface area contributed by atoms with Crippen LogP contribution in [-0.4, -0.2) is 5.17 Å². The van der Waals surface area contributed by atoms with E-state index in [9.17, 15) is 4.39 Å². The van der Waals surface area contributed by atoms with E-state index in [0.29, 0.717) is 21.6 Å². The normalized spacial score (nSPS) is 11.7. The van der Waals surface area contributed by atoms with Crippen LogP contribution >= 0.6 is 35.0 Å². The van der Waals surface area contributed by atoms with Gasteiger partial charge in [0.1, 0.15) is 5.82 Å². The third kappa shape index (κ3) is 4.13. The van der Waals surface area contributed by atoms with Crippen molar-refractivity contribution in [3.8, 4) is 0 Å². The maximum absolute atomic E-state index is 13.0. The van der Waals surface area contributed by atoms with Crippen LogP contribution in [0.1, 0.15) is 5.56 Å². The minimum atomic E-state index is -0.479. The monoisotopic (exact) mass is 328 g/mol. The van der Waals surface area contributed by atoms with Crippen LogP contribution in [0.5, 0.6) is 0 Å². The Morgan fingerprint density at radius 1 is 1.15 bits per heavy atom. The van der Waals surface area contributed by atoms with Gasteiger partial charge in [-0.1, -0.05) is 53.2 Å². The molecule has 2 N–H and O–H groups in total. The molecular weight excluding hydrogens is 318 g/mol. The van der Waals surface area contributed by atoms with Crippen molar-refractivity contribution in [2.75, 3.05) is 0 Å². The van der Waals surface area contributed by atoms with Crippen LogP contribution in [0.15, 0.2) is 47.5 Å². The standard InChI is InChI=1S/C14H11Cl2FN2S/c15-11-4-2-1-3-9(11)8-20-14(18)19-10-5-6-13(17)12(16)7-10/h1-7H,8H2,(H2,18,19). The van der Waals surface area contributed by atoms with Gasteiger partial charge in [0, 0.05) is 10.8 Å². The Morgan fingerprint density at radius 3 is 2.60 bits per heavy atom. The molecule has 0 aliphatic heterocycles. The molecule has 0 fully saturated rings. The van der Waals surface area contributed by atoms with Gasteiger partial charge in [0.15, 0.2) is 5.17 Å². The number of hydrogen-bond acceptors (Lipinski definition) is 2. The first-order valence-corrected chi connectivity index (χ1v) is 7.46. The van der Waals surface area contributed by atoms with Crippen LogP contribution < -0.4 is 5.73 Å². The van der Waals surface area contributed by atoms with E-state index in [1.54, 1.807) is 0 Å². The molecule has 2 aromatic rings. The Hall–Kier alpha value is -1.23. The summed E-state index contributed by atoms with van der Waals surface area (Å²) >= 11 is 13.1. The number of nitrogens with two attached hydrogens (primary N) is 1. The number of benzene rings is 2. The Balaban J connectivity index is 2.04. The highest BCUT2D eigenvalue weighted by molar-refractivity contribution is 8.13. The molecule has 0 heterocycles. The number of halogens is 3. The van der Waals surface area contributed by atoms with Gasteiger partial charge >= 0.3 is 0 Å². The fourth-order valence-corrected chi connectivity index (χ4v) is 2.66. The van der Waals surface area contributed by atoms with Gasteiger partial charge in [-0.2, -0.15) is 0 Å². The van der Waals surface area contributed by atoms with Crippen LogP contribution in [0.4, 0.5) is 10.1 Å². The molecule has 6 heteroatoms. The number of thioether (sulfide) groups is 1. The zero-order valence-electron chi connectivity index (χ0n) is 10.3. The predicted octanol–water partition coefficient (Wildman–Crippen LogP) is 5.01. The Bertz CT molecular complexity index is 647. The predicted molar refractivity (Wildman–Crippen MR) is 85.4 cm³/mol. The van der Waals surface area contributed by atoms with E-state index in [4.69, 9.17) is 28.9 Å². The first-order valence-electron chi connectivity index (χ1n) is 5.71. The first kappa shape index (κ1) is 15.2. The summed E-state index contributed by atoms with van der Waals surface area (Å²) in [4.78, 5) is 4.17. The van der Waals surface area contributed by atoms with Crippen molar-refractivity contribution < 1.29 is 4.39 Å². The van der Waals surface area contributed by atoms with Crippen molar-refractivity contribution in [3.63, 3.8) is 0 Å². The molecule has 2 nitrogen and oxygen atoms in total. The molecule has 0 aromatic heterocycles. The van der Waals surface area contributed by atoms with Gasteiger partial charge in [0.05, 0.1) is 10.7 Å². The summed E-state index contributed by atoms with van der Waals surface area (Å²) in [6.45, 7) is 0. The molecule has 0 aliphatic carbocycles. The molecule has 0 amide bonds. The summed E-state index contributed by atoms with van der Waals surface area (Å²) in [6, 6.07) is 11.7. The van der Waals surface area contributed by atoms with Gasteiger partial charge in [-0.05, 0) is 29.8 Å². The third-order valence-electron chi connectivity index (χ3n) is 2.48. The highest BCUT2D eigenvalue weighted by atomic mass is 35.5. The molecule has 0 saturated heterocycles. The second-order valence-corrected chi connectivity index (χ2v) is 5.74. The Labute approximate surface area is 130 Å². The van der Waals surface area contributed by atoms with Gasteiger partial charge in [-0.15, -0.1) is 0 Å². The van der Waals surface area contributed by atoms with Gasteiger partial charge in [-0.25, -0.2) is 9.38 Å². The molecule has 2 rings (SSSR count).